The first-order valence-corrected chi connectivity index (χ1v) is 10.9. The summed E-state index contributed by atoms with van der Waals surface area (Å²) in [6, 6.07) is 7.67. The number of esters is 1. The Morgan fingerprint density at radius 1 is 1.29 bits per heavy atom. The maximum absolute atomic E-state index is 12.6. The van der Waals surface area contributed by atoms with E-state index in [0.717, 1.165) is 0 Å². The summed E-state index contributed by atoms with van der Waals surface area (Å²) in [5.74, 6) is -0.710. The molecular formula is C19H24N2O6S. The molecule has 2 atom stereocenters. The van der Waals surface area contributed by atoms with Gasteiger partial charge in [0.2, 0.25) is 0 Å². The predicted molar refractivity (Wildman–Crippen MR) is 101 cm³/mol. The number of carbonyl (C=O) groups is 2. The smallest absolute Gasteiger partial charge is 0.344 e. The molecule has 1 aromatic carbocycles. The second kappa shape index (κ2) is 9.55. The van der Waals surface area contributed by atoms with Gasteiger partial charge in [-0.25, -0.2) is 13.2 Å². The third kappa shape index (κ3) is 5.96. The summed E-state index contributed by atoms with van der Waals surface area (Å²) < 4.78 is 33.8. The lowest BCUT2D eigenvalue weighted by atomic mass is 10.1. The van der Waals surface area contributed by atoms with Crippen molar-refractivity contribution in [3.8, 4) is 11.8 Å². The van der Waals surface area contributed by atoms with E-state index in [1.165, 1.54) is 4.90 Å². The van der Waals surface area contributed by atoms with E-state index in [9.17, 15) is 18.0 Å². The topological polar surface area (TPSA) is 114 Å². The van der Waals surface area contributed by atoms with Gasteiger partial charge < -0.3 is 14.4 Å². The van der Waals surface area contributed by atoms with Gasteiger partial charge in [-0.1, -0.05) is 6.92 Å². The van der Waals surface area contributed by atoms with Crippen molar-refractivity contribution in [3.05, 3.63) is 29.8 Å². The van der Waals surface area contributed by atoms with E-state index in [1.807, 2.05) is 19.9 Å². The van der Waals surface area contributed by atoms with Crippen LogP contribution < -0.4 is 4.74 Å². The minimum Gasteiger partial charge on any atom is -0.482 e. The van der Waals surface area contributed by atoms with Crippen LogP contribution in [-0.4, -0.2) is 62.0 Å². The zero-order chi connectivity index (χ0) is 20.7. The van der Waals surface area contributed by atoms with E-state index in [2.05, 4.69) is 0 Å². The number of benzene rings is 1. The van der Waals surface area contributed by atoms with Gasteiger partial charge in [-0.2, -0.15) is 5.26 Å². The predicted octanol–water partition coefficient (Wildman–Crippen LogP) is 1.29. The van der Waals surface area contributed by atoms with Crippen LogP contribution in [0, 0.1) is 11.3 Å². The lowest BCUT2D eigenvalue weighted by Gasteiger charge is -2.33. The van der Waals surface area contributed by atoms with Gasteiger partial charge in [0.15, 0.2) is 23.1 Å². The number of rotatable bonds is 8. The first kappa shape index (κ1) is 21.7. The number of nitrogens with zero attached hydrogens (tertiary/aromatic N) is 2. The standard InChI is InChI=1S/C19H24N2O6S/c1-3-14(2)21(16-8-9-28(24,25)13-16)18(22)11-27-19(23)12-26-17-6-4-15(10-20)5-7-17/h4-7,14,16H,3,8-9,11-13H2,1-2H3/t14-,16+/m0/s1. The molecule has 1 aromatic rings. The first-order valence-electron chi connectivity index (χ1n) is 9.06. The minimum atomic E-state index is -3.13. The Bertz CT molecular complexity index is 844. The van der Waals surface area contributed by atoms with Crippen LogP contribution in [-0.2, 0) is 24.2 Å². The molecule has 1 heterocycles. The van der Waals surface area contributed by atoms with Gasteiger partial charge in [-0.3, -0.25) is 4.79 Å². The monoisotopic (exact) mass is 408 g/mol. The lowest BCUT2D eigenvalue weighted by Crippen LogP contribution is -2.48. The molecule has 0 spiro atoms. The maximum Gasteiger partial charge on any atom is 0.344 e. The van der Waals surface area contributed by atoms with E-state index >= 15 is 0 Å². The number of nitriles is 1. The van der Waals surface area contributed by atoms with Crippen molar-refractivity contribution in [2.75, 3.05) is 24.7 Å². The van der Waals surface area contributed by atoms with Crippen molar-refractivity contribution in [3.63, 3.8) is 0 Å². The van der Waals surface area contributed by atoms with Gasteiger partial charge >= 0.3 is 5.97 Å². The summed E-state index contributed by atoms with van der Waals surface area (Å²) in [5, 5.41) is 8.74. The molecule has 1 aliphatic rings. The van der Waals surface area contributed by atoms with Crippen LogP contribution in [0.5, 0.6) is 5.75 Å². The summed E-state index contributed by atoms with van der Waals surface area (Å²) >= 11 is 0. The minimum absolute atomic E-state index is 0.0567. The third-order valence-electron chi connectivity index (χ3n) is 4.65. The first-order chi connectivity index (χ1) is 13.3. The maximum atomic E-state index is 12.6. The molecule has 1 saturated heterocycles. The van der Waals surface area contributed by atoms with Crippen molar-refractivity contribution in [1.29, 1.82) is 5.26 Å². The van der Waals surface area contributed by atoms with Gasteiger partial charge in [0.05, 0.1) is 23.1 Å². The fraction of sp³-hybridized carbons (Fsp3) is 0.526. The van der Waals surface area contributed by atoms with Gasteiger partial charge in [-0.05, 0) is 44.0 Å². The molecule has 0 radical (unpaired) electrons. The molecule has 28 heavy (non-hydrogen) atoms. The number of carbonyl (C=O) groups excluding carboxylic acids is 2. The van der Waals surface area contributed by atoms with Crippen LogP contribution in [0.3, 0.4) is 0 Å². The van der Waals surface area contributed by atoms with Crippen LogP contribution >= 0.6 is 0 Å². The number of sulfone groups is 1. The Balaban J connectivity index is 1.87. The number of hydrogen-bond acceptors (Lipinski definition) is 7. The van der Waals surface area contributed by atoms with E-state index in [1.54, 1.807) is 24.3 Å². The van der Waals surface area contributed by atoms with Crippen molar-refractivity contribution in [2.24, 2.45) is 0 Å². The van der Waals surface area contributed by atoms with E-state index in [4.69, 9.17) is 14.7 Å². The Morgan fingerprint density at radius 3 is 2.50 bits per heavy atom. The fourth-order valence-electron chi connectivity index (χ4n) is 3.03. The molecule has 0 bridgehead atoms. The lowest BCUT2D eigenvalue weighted by molar-refractivity contribution is -0.155. The molecular weight excluding hydrogens is 384 g/mol. The van der Waals surface area contributed by atoms with E-state index in [-0.39, 0.29) is 30.2 Å². The highest BCUT2D eigenvalue weighted by atomic mass is 32.2. The molecule has 1 amide bonds. The van der Waals surface area contributed by atoms with Crippen LogP contribution in [0.2, 0.25) is 0 Å². The summed E-state index contributed by atoms with van der Waals surface area (Å²) in [6.07, 6.45) is 1.06. The van der Waals surface area contributed by atoms with Crippen LogP contribution in [0.25, 0.3) is 0 Å². The fourth-order valence-corrected chi connectivity index (χ4v) is 4.74. The van der Waals surface area contributed by atoms with Crippen LogP contribution in [0.4, 0.5) is 0 Å². The van der Waals surface area contributed by atoms with Gasteiger partial charge in [0.1, 0.15) is 5.75 Å². The summed E-state index contributed by atoms with van der Waals surface area (Å²) in [7, 11) is -3.13. The Hall–Kier alpha value is -2.60. The van der Waals surface area contributed by atoms with Crippen LogP contribution in [0.15, 0.2) is 24.3 Å². The summed E-state index contributed by atoms with van der Waals surface area (Å²) in [6.45, 7) is 2.92. The summed E-state index contributed by atoms with van der Waals surface area (Å²) in [4.78, 5) is 26.0. The molecule has 8 nitrogen and oxygen atoms in total. The number of ether oxygens (including phenoxy) is 2. The van der Waals surface area contributed by atoms with Crippen molar-refractivity contribution in [2.45, 2.75) is 38.8 Å². The molecule has 1 aliphatic heterocycles. The van der Waals surface area contributed by atoms with Gasteiger partial charge in [0.25, 0.3) is 5.91 Å². The zero-order valence-electron chi connectivity index (χ0n) is 16.0. The van der Waals surface area contributed by atoms with Crippen LogP contribution in [0.1, 0.15) is 32.3 Å². The molecule has 0 aromatic heterocycles. The van der Waals surface area contributed by atoms with E-state index in [0.29, 0.717) is 24.2 Å². The molecule has 0 N–H and O–H groups in total. The number of amides is 1. The third-order valence-corrected chi connectivity index (χ3v) is 6.40. The average Bonchev–Trinajstić information content (AvgIpc) is 3.04. The largest absolute Gasteiger partial charge is 0.482 e. The highest BCUT2D eigenvalue weighted by Crippen LogP contribution is 2.21. The molecule has 0 aliphatic carbocycles. The Morgan fingerprint density at radius 2 is 1.96 bits per heavy atom. The molecule has 9 heteroatoms. The highest BCUT2D eigenvalue weighted by Gasteiger charge is 2.36. The van der Waals surface area contributed by atoms with Crippen molar-refractivity contribution < 1.29 is 27.5 Å². The molecule has 2 rings (SSSR count). The van der Waals surface area contributed by atoms with Gasteiger partial charge in [-0.15, -0.1) is 0 Å². The average molecular weight is 408 g/mol. The van der Waals surface area contributed by atoms with Gasteiger partial charge in [0, 0.05) is 12.1 Å². The normalized spacial score (nSPS) is 18.7. The van der Waals surface area contributed by atoms with E-state index < -0.39 is 28.3 Å². The zero-order valence-corrected chi connectivity index (χ0v) is 16.8. The molecule has 0 unspecified atom stereocenters. The van der Waals surface area contributed by atoms with Crippen molar-refractivity contribution >= 4 is 21.7 Å². The molecule has 0 saturated carbocycles. The SMILES string of the molecule is CC[C@H](C)N(C(=O)COC(=O)COc1ccc(C#N)cc1)[C@@H]1CCS(=O)(=O)C1. The Kier molecular flexibility index (Phi) is 7.40. The highest BCUT2D eigenvalue weighted by molar-refractivity contribution is 7.91. The molecule has 1 fully saturated rings. The Labute approximate surface area is 164 Å². The second-order valence-corrected chi connectivity index (χ2v) is 8.93. The second-order valence-electron chi connectivity index (χ2n) is 6.70. The van der Waals surface area contributed by atoms with Crippen molar-refractivity contribution in [1.82, 2.24) is 4.90 Å². The number of hydrogen-bond donors (Lipinski definition) is 0. The quantitative estimate of drug-likeness (QED) is 0.596. The summed E-state index contributed by atoms with van der Waals surface area (Å²) in [5.41, 5.74) is 0.472. The molecule has 152 valence electrons.